The Kier molecular flexibility index (Phi) is 5.45. The number of hydrogen-bond donors (Lipinski definition) is 1. The molecule has 0 saturated heterocycles. The first-order chi connectivity index (χ1) is 10.5. The Morgan fingerprint density at radius 3 is 2.64 bits per heavy atom. The molecule has 0 aliphatic carbocycles. The molecular weight excluding hydrogens is 298 g/mol. The fourth-order valence-corrected chi connectivity index (χ4v) is 2.39. The minimum atomic E-state index is -0.541. The molecule has 0 aliphatic rings. The third-order valence-corrected chi connectivity index (χ3v) is 3.59. The van der Waals surface area contributed by atoms with E-state index in [4.69, 9.17) is 16.3 Å². The highest BCUT2D eigenvalue weighted by atomic mass is 35.5. The van der Waals surface area contributed by atoms with Crippen LogP contribution < -0.4 is 10.1 Å². The molecule has 0 spiro atoms. The van der Waals surface area contributed by atoms with E-state index in [0.29, 0.717) is 17.1 Å². The number of rotatable bonds is 5. The largest absolute Gasteiger partial charge is 0.480 e. The van der Waals surface area contributed by atoms with Crippen molar-refractivity contribution in [2.75, 3.05) is 5.32 Å². The maximum atomic E-state index is 12.4. The normalized spacial score (nSPS) is 11.8. The Bertz CT molecular complexity index is 670. The standard InChI is InChI=1S/C18H20ClNO2/c1-4-16(22-17-9-8-12(2)10-13(17)3)18(21)20-15-7-5-6-14(19)11-15/h5-11,16H,4H2,1-3H3,(H,20,21). The number of benzene rings is 2. The van der Waals surface area contributed by atoms with E-state index in [9.17, 15) is 4.79 Å². The lowest BCUT2D eigenvalue weighted by Crippen LogP contribution is -2.32. The number of carbonyl (C=O) groups excluding carboxylic acids is 1. The van der Waals surface area contributed by atoms with Gasteiger partial charge in [0.2, 0.25) is 0 Å². The first-order valence-electron chi connectivity index (χ1n) is 7.30. The van der Waals surface area contributed by atoms with Crippen LogP contribution in [0.15, 0.2) is 42.5 Å². The van der Waals surface area contributed by atoms with Gasteiger partial charge < -0.3 is 10.1 Å². The molecule has 4 heteroatoms. The zero-order chi connectivity index (χ0) is 16.1. The van der Waals surface area contributed by atoms with Crippen LogP contribution in [-0.2, 0) is 4.79 Å². The average Bonchev–Trinajstić information content (AvgIpc) is 2.46. The Morgan fingerprint density at radius 2 is 2.00 bits per heavy atom. The summed E-state index contributed by atoms with van der Waals surface area (Å²) >= 11 is 5.92. The molecule has 0 heterocycles. The molecule has 0 aliphatic heterocycles. The number of halogens is 1. The quantitative estimate of drug-likeness (QED) is 0.864. The Balaban J connectivity index is 2.09. The lowest BCUT2D eigenvalue weighted by Gasteiger charge is -2.19. The highest BCUT2D eigenvalue weighted by Gasteiger charge is 2.19. The fraction of sp³-hybridized carbons (Fsp3) is 0.278. The molecule has 0 fully saturated rings. The number of anilines is 1. The van der Waals surface area contributed by atoms with Crippen LogP contribution in [0.4, 0.5) is 5.69 Å². The van der Waals surface area contributed by atoms with Gasteiger partial charge in [0.1, 0.15) is 5.75 Å². The van der Waals surface area contributed by atoms with Crippen molar-refractivity contribution < 1.29 is 9.53 Å². The molecular formula is C18H20ClNO2. The summed E-state index contributed by atoms with van der Waals surface area (Å²) in [6.45, 7) is 5.93. The van der Waals surface area contributed by atoms with Crippen molar-refractivity contribution in [3.05, 3.63) is 58.6 Å². The maximum Gasteiger partial charge on any atom is 0.265 e. The van der Waals surface area contributed by atoms with Crippen LogP contribution in [0.5, 0.6) is 5.75 Å². The summed E-state index contributed by atoms with van der Waals surface area (Å²) in [5.41, 5.74) is 2.86. The van der Waals surface area contributed by atoms with Crippen LogP contribution in [0.25, 0.3) is 0 Å². The van der Waals surface area contributed by atoms with Crippen molar-refractivity contribution in [3.8, 4) is 5.75 Å². The van der Waals surface area contributed by atoms with Gasteiger partial charge in [-0.15, -0.1) is 0 Å². The second-order valence-corrected chi connectivity index (χ2v) is 5.72. The van der Waals surface area contributed by atoms with Gasteiger partial charge >= 0.3 is 0 Å². The van der Waals surface area contributed by atoms with Crippen LogP contribution >= 0.6 is 11.6 Å². The smallest absolute Gasteiger partial charge is 0.265 e. The molecule has 0 aromatic heterocycles. The first-order valence-corrected chi connectivity index (χ1v) is 7.67. The topological polar surface area (TPSA) is 38.3 Å². The number of nitrogens with one attached hydrogen (secondary N) is 1. The second kappa shape index (κ2) is 7.32. The molecule has 1 amide bonds. The van der Waals surface area contributed by atoms with E-state index in [0.717, 1.165) is 11.3 Å². The van der Waals surface area contributed by atoms with Gasteiger partial charge in [-0.05, 0) is 50.1 Å². The molecule has 2 aromatic rings. The maximum absolute atomic E-state index is 12.4. The predicted molar refractivity (Wildman–Crippen MR) is 90.7 cm³/mol. The van der Waals surface area contributed by atoms with Gasteiger partial charge in [-0.2, -0.15) is 0 Å². The van der Waals surface area contributed by atoms with E-state index >= 15 is 0 Å². The van der Waals surface area contributed by atoms with Gasteiger partial charge in [0.15, 0.2) is 6.10 Å². The SMILES string of the molecule is CCC(Oc1ccc(C)cc1C)C(=O)Nc1cccc(Cl)c1. The lowest BCUT2D eigenvalue weighted by molar-refractivity contribution is -0.122. The molecule has 1 N–H and O–H groups in total. The van der Waals surface area contributed by atoms with Crippen LogP contribution in [-0.4, -0.2) is 12.0 Å². The van der Waals surface area contributed by atoms with E-state index < -0.39 is 6.10 Å². The van der Waals surface area contributed by atoms with Crippen molar-refractivity contribution in [1.29, 1.82) is 0 Å². The number of amides is 1. The van der Waals surface area contributed by atoms with Crippen LogP contribution in [0.1, 0.15) is 24.5 Å². The molecule has 0 radical (unpaired) electrons. The monoisotopic (exact) mass is 317 g/mol. The molecule has 0 saturated carbocycles. The summed E-state index contributed by atoms with van der Waals surface area (Å²) in [4.78, 5) is 12.4. The third-order valence-electron chi connectivity index (χ3n) is 3.36. The minimum absolute atomic E-state index is 0.176. The summed E-state index contributed by atoms with van der Waals surface area (Å²) in [6, 6.07) is 13.0. The zero-order valence-corrected chi connectivity index (χ0v) is 13.8. The zero-order valence-electron chi connectivity index (χ0n) is 13.0. The molecule has 2 aromatic carbocycles. The average molecular weight is 318 g/mol. The Morgan fingerprint density at radius 1 is 1.23 bits per heavy atom. The first kappa shape index (κ1) is 16.4. The molecule has 116 valence electrons. The molecule has 22 heavy (non-hydrogen) atoms. The van der Waals surface area contributed by atoms with Crippen LogP contribution in [0, 0.1) is 13.8 Å². The molecule has 3 nitrogen and oxygen atoms in total. The summed E-state index contributed by atoms with van der Waals surface area (Å²) in [5, 5.41) is 3.42. The number of ether oxygens (including phenoxy) is 1. The Labute approximate surface area is 136 Å². The Hall–Kier alpha value is -2.00. The molecule has 1 unspecified atom stereocenters. The number of aryl methyl sites for hydroxylation is 2. The second-order valence-electron chi connectivity index (χ2n) is 5.28. The van der Waals surface area contributed by atoms with Crippen molar-refractivity contribution in [3.63, 3.8) is 0 Å². The molecule has 0 bridgehead atoms. The molecule has 1 atom stereocenters. The minimum Gasteiger partial charge on any atom is -0.480 e. The van der Waals surface area contributed by atoms with Crippen molar-refractivity contribution in [2.45, 2.75) is 33.3 Å². The number of hydrogen-bond acceptors (Lipinski definition) is 2. The van der Waals surface area contributed by atoms with Crippen molar-refractivity contribution in [1.82, 2.24) is 0 Å². The highest BCUT2D eigenvalue weighted by molar-refractivity contribution is 6.30. The fourth-order valence-electron chi connectivity index (χ4n) is 2.20. The summed E-state index contributed by atoms with van der Waals surface area (Å²) in [5.74, 6) is 0.559. The molecule has 2 rings (SSSR count). The summed E-state index contributed by atoms with van der Waals surface area (Å²) in [7, 11) is 0. The predicted octanol–water partition coefficient (Wildman–Crippen LogP) is 4.75. The number of carbonyl (C=O) groups is 1. The summed E-state index contributed by atoms with van der Waals surface area (Å²) < 4.78 is 5.87. The van der Waals surface area contributed by atoms with E-state index in [1.807, 2.05) is 39.0 Å². The van der Waals surface area contributed by atoms with Gasteiger partial charge in [0, 0.05) is 10.7 Å². The third kappa shape index (κ3) is 4.25. The lowest BCUT2D eigenvalue weighted by atomic mass is 10.1. The van der Waals surface area contributed by atoms with Crippen molar-refractivity contribution in [2.24, 2.45) is 0 Å². The van der Waals surface area contributed by atoms with E-state index in [1.54, 1.807) is 24.3 Å². The van der Waals surface area contributed by atoms with Gasteiger partial charge in [0.05, 0.1) is 0 Å². The van der Waals surface area contributed by atoms with Crippen LogP contribution in [0.3, 0.4) is 0 Å². The van der Waals surface area contributed by atoms with Crippen molar-refractivity contribution >= 4 is 23.2 Å². The van der Waals surface area contributed by atoms with Gasteiger partial charge in [0.25, 0.3) is 5.91 Å². The summed E-state index contributed by atoms with van der Waals surface area (Å²) in [6.07, 6.45) is 0.0417. The highest BCUT2D eigenvalue weighted by Crippen LogP contribution is 2.22. The van der Waals surface area contributed by atoms with Gasteiger partial charge in [-0.25, -0.2) is 0 Å². The van der Waals surface area contributed by atoms with E-state index in [-0.39, 0.29) is 5.91 Å². The van der Waals surface area contributed by atoms with Gasteiger partial charge in [-0.1, -0.05) is 42.3 Å². The van der Waals surface area contributed by atoms with E-state index in [2.05, 4.69) is 5.32 Å². The van der Waals surface area contributed by atoms with E-state index in [1.165, 1.54) is 5.56 Å². The van der Waals surface area contributed by atoms with Gasteiger partial charge in [-0.3, -0.25) is 4.79 Å². The van der Waals surface area contributed by atoms with Crippen LogP contribution in [0.2, 0.25) is 5.02 Å².